The molecule has 0 unspecified atom stereocenters. The maximum Gasteiger partial charge on any atom is 0.243 e. The molecule has 34 heavy (non-hydrogen) atoms. The molecule has 4 rings (SSSR count). The molecule has 0 saturated carbocycles. The Morgan fingerprint density at radius 1 is 1.03 bits per heavy atom. The van der Waals surface area contributed by atoms with Crippen molar-refractivity contribution in [1.29, 1.82) is 0 Å². The van der Waals surface area contributed by atoms with E-state index < -0.39 is 0 Å². The average Bonchev–Trinajstić information content (AvgIpc) is 3.23. The lowest BCUT2D eigenvalue weighted by Crippen LogP contribution is -2.36. The molecule has 0 spiro atoms. The van der Waals surface area contributed by atoms with Gasteiger partial charge in [-0.05, 0) is 81.5 Å². The summed E-state index contributed by atoms with van der Waals surface area (Å²) in [5.41, 5.74) is 11.3. The number of nitrogens with zero attached hydrogens (tertiary/aromatic N) is 5. The van der Waals surface area contributed by atoms with E-state index in [0.717, 1.165) is 63.6 Å². The summed E-state index contributed by atoms with van der Waals surface area (Å²) >= 11 is 0. The molecule has 1 fully saturated rings. The normalized spacial score (nSPS) is 17.8. The van der Waals surface area contributed by atoms with Crippen LogP contribution in [0.25, 0.3) is 6.08 Å². The summed E-state index contributed by atoms with van der Waals surface area (Å²) in [6.07, 6.45) is 6.25. The monoisotopic (exact) mass is 460 g/mol. The predicted octanol–water partition coefficient (Wildman–Crippen LogP) is 4.80. The number of anilines is 2. The standard InChI is InChI=1S/C27H36N6O/c1-5-32(6-2)25-11-7-22(8-12-25)18-23-9-10-24(26(23)33-13-15-34-16-14-33)19-28-31-27-29-20(3)17-21(4)30-27/h7-8,11-12,17-19H,5-6,9-10,13-16H2,1-4H3,(H,29,30,31). The van der Waals surface area contributed by atoms with Crippen LogP contribution in [0.4, 0.5) is 11.6 Å². The summed E-state index contributed by atoms with van der Waals surface area (Å²) in [4.78, 5) is 13.6. The number of hydrogen-bond acceptors (Lipinski definition) is 7. The summed E-state index contributed by atoms with van der Waals surface area (Å²) < 4.78 is 5.62. The Morgan fingerprint density at radius 2 is 1.71 bits per heavy atom. The number of aryl methyl sites for hydroxylation is 2. The van der Waals surface area contributed by atoms with Crippen molar-refractivity contribution in [2.75, 3.05) is 49.7 Å². The molecule has 7 nitrogen and oxygen atoms in total. The first-order valence-corrected chi connectivity index (χ1v) is 12.3. The smallest absolute Gasteiger partial charge is 0.243 e. The van der Waals surface area contributed by atoms with Crippen LogP contribution in [0.5, 0.6) is 0 Å². The summed E-state index contributed by atoms with van der Waals surface area (Å²) in [7, 11) is 0. The van der Waals surface area contributed by atoms with Crippen molar-refractivity contribution < 1.29 is 4.74 Å². The molecule has 2 aliphatic rings. The fraction of sp³-hybridized carbons (Fsp3) is 0.444. The molecule has 0 amide bonds. The highest BCUT2D eigenvalue weighted by molar-refractivity contribution is 5.84. The molecule has 2 aromatic rings. The second-order valence-electron chi connectivity index (χ2n) is 8.75. The number of rotatable bonds is 8. The van der Waals surface area contributed by atoms with Crippen LogP contribution in [0.15, 0.2) is 52.3 Å². The van der Waals surface area contributed by atoms with Gasteiger partial charge in [0.25, 0.3) is 0 Å². The van der Waals surface area contributed by atoms with Crippen LogP contribution in [0.2, 0.25) is 0 Å². The Kier molecular flexibility index (Phi) is 7.95. The van der Waals surface area contributed by atoms with Crippen LogP contribution >= 0.6 is 0 Å². The van der Waals surface area contributed by atoms with Crippen LogP contribution in [-0.2, 0) is 4.74 Å². The van der Waals surface area contributed by atoms with Gasteiger partial charge in [-0.15, -0.1) is 0 Å². The van der Waals surface area contributed by atoms with E-state index in [9.17, 15) is 0 Å². The van der Waals surface area contributed by atoms with Crippen LogP contribution in [0.3, 0.4) is 0 Å². The van der Waals surface area contributed by atoms with Gasteiger partial charge in [0.15, 0.2) is 0 Å². The van der Waals surface area contributed by atoms with Crippen molar-refractivity contribution in [2.45, 2.75) is 40.5 Å². The number of nitrogens with one attached hydrogen (secondary N) is 1. The highest BCUT2D eigenvalue weighted by Gasteiger charge is 2.25. The highest BCUT2D eigenvalue weighted by atomic mass is 16.5. The summed E-state index contributed by atoms with van der Waals surface area (Å²) in [5, 5.41) is 4.49. The third kappa shape index (κ3) is 5.83. The van der Waals surface area contributed by atoms with Crippen molar-refractivity contribution in [3.63, 3.8) is 0 Å². The second kappa shape index (κ2) is 11.3. The molecule has 1 aliphatic heterocycles. The lowest BCUT2D eigenvalue weighted by molar-refractivity contribution is 0.0548. The molecule has 1 aliphatic carbocycles. The predicted molar refractivity (Wildman–Crippen MR) is 140 cm³/mol. The van der Waals surface area contributed by atoms with Gasteiger partial charge in [-0.2, -0.15) is 5.10 Å². The summed E-state index contributed by atoms with van der Waals surface area (Å²) in [6.45, 7) is 13.7. The second-order valence-corrected chi connectivity index (χ2v) is 8.75. The Balaban J connectivity index is 1.58. The first-order valence-electron chi connectivity index (χ1n) is 12.3. The van der Waals surface area contributed by atoms with Crippen LogP contribution in [-0.4, -0.2) is 60.5 Å². The van der Waals surface area contributed by atoms with Gasteiger partial charge in [-0.3, -0.25) is 0 Å². The van der Waals surface area contributed by atoms with Gasteiger partial charge >= 0.3 is 0 Å². The molecule has 0 radical (unpaired) electrons. The largest absolute Gasteiger partial charge is 0.378 e. The van der Waals surface area contributed by atoms with Crippen molar-refractivity contribution in [3.8, 4) is 0 Å². The number of ether oxygens (including phenoxy) is 1. The van der Waals surface area contributed by atoms with E-state index in [0.29, 0.717) is 5.95 Å². The lowest BCUT2D eigenvalue weighted by Gasteiger charge is -2.31. The van der Waals surface area contributed by atoms with Crippen LogP contribution in [0, 0.1) is 13.8 Å². The van der Waals surface area contributed by atoms with E-state index in [-0.39, 0.29) is 0 Å². The Morgan fingerprint density at radius 3 is 2.35 bits per heavy atom. The fourth-order valence-electron chi connectivity index (χ4n) is 4.69. The van der Waals surface area contributed by atoms with Crippen molar-refractivity contribution in [1.82, 2.24) is 14.9 Å². The van der Waals surface area contributed by atoms with Crippen molar-refractivity contribution >= 4 is 23.9 Å². The zero-order chi connectivity index (χ0) is 23.9. The summed E-state index contributed by atoms with van der Waals surface area (Å²) in [6, 6.07) is 10.9. The van der Waals surface area contributed by atoms with Gasteiger partial charge in [0.1, 0.15) is 0 Å². The van der Waals surface area contributed by atoms with E-state index in [2.05, 4.69) is 74.5 Å². The topological polar surface area (TPSA) is 65.9 Å². The van der Waals surface area contributed by atoms with Crippen LogP contribution < -0.4 is 10.3 Å². The molecule has 180 valence electrons. The molecular formula is C27H36N6O. The zero-order valence-corrected chi connectivity index (χ0v) is 20.8. The quantitative estimate of drug-likeness (QED) is 0.451. The van der Waals surface area contributed by atoms with Gasteiger partial charge in [0.2, 0.25) is 5.95 Å². The number of hydrogen-bond donors (Lipinski definition) is 1. The highest BCUT2D eigenvalue weighted by Crippen LogP contribution is 2.35. The van der Waals surface area contributed by atoms with Gasteiger partial charge in [-0.1, -0.05) is 12.1 Å². The van der Waals surface area contributed by atoms with Crippen LogP contribution in [0.1, 0.15) is 43.6 Å². The van der Waals surface area contributed by atoms with Crippen molar-refractivity contribution in [3.05, 3.63) is 64.1 Å². The molecule has 0 atom stereocenters. The van der Waals surface area contributed by atoms with E-state index in [1.807, 2.05) is 26.1 Å². The number of allylic oxidation sites excluding steroid dienone is 2. The molecule has 1 aromatic carbocycles. The van der Waals surface area contributed by atoms with Gasteiger partial charge in [0, 0.05) is 49.0 Å². The zero-order valence-electron chi connectivity index (χ0n) is 20.8. The molecular weight excluding hydrogens is 424 g/mol. The lowest BCUT2D eigenvalue weighted by atomic mass is 10.1. The summed E-state index contributed by atoms with van der Waals surface area (Å²) in [5.74, 6) is 0.532. The maximum absolute atomic E-state index is 5.62. The molecule has 1 saturated heterocycles. The van der Waals surface area contributed by atoms with E-state index in [1.54, 1.807) is 0 Å². The van der Waals surface area contributed by atoms with Gasteiger partial charge in [-0.25, -0.2) is 15.4 Å². The number of benzene rings is 1. The number of hydrazone groups is 1. The van der Waals surface area contributed by atoms with Crippen molar-refractivity contribution in [2.24, 2.45) is 5.10 Å². The number of aromatic nitrogens is 2. The Bertz CT molecular complexity index is 1040. The minimum absolute atomic E-state index is 0.532. The minimum atomic E-state index is 0.532. The SMILES string of the molecule is CCN(CC)c1ccc(C=C2CCC(C=NNc3nc(C)cc(C)n3)=C2N2CCOCC2)cc1. The molecule has 7 heteroatoms. The molecule has 1 aromatic heterocycles. The molecule has 1 N–H and O–H groups in total. The third-order valence-electron chi connectivity index (χ3n) is 6.33. The molecule has 0 bridgehead atoms. The average molecular weight is 461 g/mol. The van der Waals surface area contributed by atoms with Gasteiger partial charge in [0.05, 0.1) is 19.4 Å². The first-order chi connectivity index (χ1) is 16.6. The first kappa shape index (κ1) is 24.0. The fourth-order valence-corrected chi connectivity index (χ4v) is 4.69. The maximum atomic E-state index is 5.62. The Hall–Kier alpha value is -3.19. The minimum Gasteiger partial charge on any atom is -0.378 e. The van der Waals surface area contributed by atoms with E-state index in [4.69, 9.17) is 4.74 Å². The molecule has 2 heterocycles. The van der Waals surface area contributed by atoms with E-state index in [1.165, 1.54) is 28.1 Å². The third-order valence-corrected chi connectivity index (χ3v) is 6.33. The number of morpholine rings is 1. The van der Waals surface area contributed by atoms with E-state index >= 15 is 0 Å². The Labute approximate surface area is 203 Å². The van der Waals surface area contributed by atoms with Gasteiger partial charge < -0.3 is 14.5 Å².